The van der Waals surface area contributed by atoms with Crippen molar-refractivity contribution in [2.75, 3.05) is 25.1 Å². The number of likely N-dealkylation sites (tertiary alicyclic amines) is 1. The Morgan fingerprint density at radius 3 is 2.96 bits per heavy atom. The van der Waals surface area contributed by atoms with Crippen LogP contribution in [0.3, 0.4) is 0 Å². The predicted molar refractivity (Wildman–Crippen MR) is 104 cm³/mol. The predicted octanol–water partition coefficient (Wildman–Crippen LogP) is 4.29. The summed E-state index contributed by atoms with van der Waals surface area (Å²) in [7, 11) is 2.24. The molecule has 1 saturated heterocycles. The van der Waals surface area contributed by atoms with Crippen LogP contribution in [0, 0.1) is 0 Å². The molecule has 2 aromatic rings. The number of aromatic nitrogens is 2. The number of rotatable bonds is 4. The molecule has 0 radical (unpaired) electrons. The normalized spacial score (nSPS) is 24.6. The Bertz CT molecular complexity index is 742. The largest absolute Gasteiger partial charge is 0.383 e. The highest BCUT2D eigenvalue weighted by molar-refractivity contribution is 7.99. The smallest absolute Gasteiger partial charge is 0.190 e. The summed E-state index contributed by atoms with van der Waals surface area (Å²) >= 11 is 3.60. The number of thiophene rings is 1. The number of hydrogen-bond acceptors (Lipinski definition) is 6. The van der Waals surface area contributed by atoms with Gasteiger partial charge < -0.3 is 10.6 Å². The second-order valence-electron chi connectivity index (χ2n) is 7.22. The van der Waals surface area contributed by atoms with E-state index in [9.17, 15) is 0 Å². The average Bonchev–Trinajstić information content (AvgIpc) is 3.12. The minimum absolute atomic E-state index is 0.588. The monoisotopic (exact) mass is 362 g/mol. The van der Waals surface area contributed by atoms with Crippen molar-refractivity contribution in [3.8, 4) is 0 Å². The molecule has 2 aromatic heterocycles. The van der Waals surface area contributed by atoms with Gasteiger partial charge in [-0.1, -0.05) is 18.7 Å². The van der Waals surface area contributed by atoms with Crippen LogP contribution >= 0.6 is 23.1 Å². The zero-order valence-electron chi connectivity index (χ0n) is 14.5. The van der Waals surface area contributed by atoms with Gasteiger partial charge in [0, 0.05) is 16.7 Å². The maximum Gasteiger partial charge on any atom is 0.190 e. The van der Waals surface area contributed by atoms with E-state index in [1.165, 1.54) is 55.5 Å². The molecule has 1 aliphatic heterocycles. The minimum atomic E-state index is 0.588. The Kier molecular flexibility index (Phi) is 4.71. The van der Waals surface area contributed by atoms with Gasteiger partial charge in [0.2, 0.25) is 0 Å². The van der Waals surface area contributed by atoms with Gasteiger partial charge >= 0.3 is 0 Å². The van der Waals surface area contributed by atoms with Gasteiger partial charge in [-0.05, 0) is 63.6 Å². The lowest BCUT2D eigenvalue weighted by atomic mass is 9.87. The molecule has 2 N–H and O–H groups in total. The third-order valence-electron chi connectivity index (χ3n) is 5.56. The summed E-state index contributed by atoms with van der Waals surface area (Å²) in [5.41, 5.74) is 7.77. The van der Waals surface area contributed by atoms with Gasteiger partial charge in [-0.25, -0.2) is 9.97 Å². The first kappa shape index (κ1) is 16.6. The lowest BCUT2D eigenvalue weighted by Gasteiger charge is -2.19. The standard InChI is InChI=1S/C18H26N4S2/c1-11-5-3-7-13-14(11)15-16(19)20-18(21-17(15)24-13)23-10-8-12-6-4-9-22(12)2/h11-12H,3-10H2,1-2H3,(H2,19,20,21). The highest BCUT2D eigenvalue weighted by atomic mass is 32.2. The lowest BCUT2D eigenvalue weighted by molar-refractivity contribution is 0.305. The fourth-order valence-corrected chi connectivity index (χ4v) is 6.48. The number of nitrogen functional groups attached to an aromatic ring is 1. The van der Waals surface area contributed by atoms with E-state index < -0.39 is 0 Å². The Balaban J connectivity index is 1.52. The maximum absolute atomic E-state index is 6.34. The van der Waals surface area contributed by atoms with Crippen LogP contribution in [0.5, 0.6) is 0 Å². The second kappa shape index (κ2) is 6.81. The molecule has 0 spiro atoms. The maximum atomic E-state index is 6.34. The summed E-state index contributed by atoms with van der Waals surface area (Å²) in [6, 6.07) is 0.730. The Labute approximate surface area is 152 Å². The molecular weight excluding hydrogens is 336 g/mol. The zero-order chi connectivity index (χ0) is 16.7. The molecule has 0 bridgehead atoms. The number of hydrogen-bond donors (Lipinski definition) is 1. The first-order valence-corrected chi connectivity index (χ1v) is 10.9. The highest BCUT2D eigenvalue weighted by Gasteiger charge is 2.25. The van der Waals surface area contributed by atoms with Gasteiger partial charge in [0.1, 0.15) is 10.6 Å². The van der Waals surface area contributed by atoms with Crippen LogP contribution in [-0.4, -0.2) is 40.3 Å². The highest BCUT2D eigenvalue weighted by Crippen LogP contribution is 2.43. The van der Waals surface area contributed by atoms with Gasteiger partial charge in [-0.3, -0.25) is 0 Å². The van der Waals surface area contributed by atoms with Crippen LogP contribution in [0.4, 0.5) is 5.82 Å². The molecule has 0 aromatic carbocycles. The summed E-state index contributed by atoms with van der Waals surface area (Å²) in [6.45, 7) is 3.55. The summed E-state index contributed by atoms with van der Waals surface area (Å²) in [5, 5.41) is 1.99. The minimum Gasteiger partial charge on any atom is -0.383 e. The molecule has 0 saturated carbocycles. The summed E-state index contributed by atoms with van der Waals surface area (Å²) < 4.78 is 0. The van der Waals surface area contributed by atoms with Crippen molar-refractivity contribution >= 4 is 39.1 Å². The Hall–Kier alpha value is -0.850. The average molecular weight is 363 g/mol. The van der Waals surface area contributed by atoms with Crippen molar-refractivity contribution in [1.82, 2.24) is 14.9 Å². The molecule has 0 amide bonds. The van der Waals surface area contributed by atoms with E-state index >= 15 is 0 Å². The van der Waals surface area contributed by atoms with Crippen molar-refractivity contribution in [2.24, 2.45) is 0 Å². The van der Waals surface area contributed by atoms with Crippen molar-refractivity contribution in [1.29, 1.82) is 0 Å². The topological polar surface area (TPSA) is 55.0 Å². The van der Waals surface area contributed by atoms with Crippen LogP contribution < -0.4 is 5.73 Å². The fraction of sp³-hybridized carbons (Fsp3) is 0.667. The van der Waals surface area contributed by atoms with Crippen molar-refractivity contribution in [2.45, 2.75) is 62.6 Å². The van der Waals surface area contributed by atoms with Gasteiger partial charge in [-0.15, -0.1) is 11.3 Å². The van der Waals surface area contributed by atoms with E-state index in [1.807, 2.05) is 11.3 Å². The van der Waals surface area contributed by atoms with Crippen molar-refractivity contribution in [3.63, 3.8) is 0 Å². The Morgan fingerprint density at radius 2 is 2.17 bits per heavy atom. The number of nitrogens with zero attached hydrogens (tertiary/aromatic N) is 3. The van der Waals surface area contributed by atoms with Gasteiger partial charge in [0.15, 0.2) is 5.16 Å². The first-order chi connectivity index (χ1) is 11.6. The molecule has 130 valence electrons. The van der Waals surface area contributed by atoms with Gasteiger partial charge in [0.25, 0.3) is 0 Å². The summed E-state index contributed by atoms with van der Waals surface area (Å²) in [4.78, 5) is 14.5. The molecule has 1 aliphatic carbocycles. The molecule has 4 nitrogen and oxygen atoms in total. The first-order valence-electron chi connectivity index (χ1n) is 9.05. The van der Waals surface area contributed by atoms with E-state index in [4.69, 9.17) is 10.7 Å². The third-order valence-corrected chi connectivity index (χ3v) is 7.60. The SMILES string of the molecule is CC1CCCc2sc3nc(SCCC4CCCN4C)nc(N)c3c21. The van der Waals surface area contributed by atoms with E-state index in [0.717, 1.165) is 27.2 Å². The van der Waals surface area contributed by atoms with Crippen LogP contribution in [0.2, 0.25) is 0 Å². The number of anilines is 1. The molecule has 2 unspecified atom stereocenters. The second-order valence-corrected chi connectivity index (χ2v) is 9.36. The van der Waals surface area contributed by atoms with E-state index in [0.29, 0.717) is 11.7 Å². The molecule has 24 heavy (non-hydrogen) atoms. The molecule has 4 rings (SSSR count). The van der Waals surface area contributed by atoms with E-state index in [2.05, 4.69) is 23.9 Å². The van der Waals surface area contributed by atoms with Crippen LogP contribution in [0.25, 0.3) is 10.2 Å². The molecule has 3 heterocycles. The summed E-state index contributed by atoms with van der Waals surface area (Å²) in [5.74, 6) is 2.35. The third kappa shape index (κ3) is 3.04. The number of thioether (sulfide) groups is 1. The molecule has 6 heteroatoms. The van der Waals surface area contributed by atoms with Gasteiger partial charge in [0.05, 0.1) is 5.39 Å². The van der Waals surface area contributed by atoms with E-state index in [-0.39, 0.29) is 0 Å². The quantitative estimate of drug-likeness (QED) is 0.649. The molecular formula is C18H26N4S2. The summed E-state index contributed by atoms with van der Waals surface area (Å²) in [6.07, 6.45) is 7.58. The lowest BCUT2D eigenvalue weighted by Crippen LogP contribution is -2.25. The Morgan fingerprint density at radius 1 is 1.29 bits per heavy atom. The van der Waals surface area contributed by atoms with Crippen molar-refractivity contribution in [3.05, 3.63) is 10.4 Å². The van der Waals surface area contributed by atoms with E-state index in [1.54, 1.807) is 11.8 Å². The van der Waals surface area contributed by atoms with Crippen molar-refractivity contribution < 1.29 is 0 Å². The van der Waals surface area contributed by atoms with Gasteiger partial charge in [-0.2, -0.15) is 0 Å². The molecule has 1 fully saturated rings. The van der Waals surface area contributed by atoms with Crippen LogP contribution in [-0.2, 0) is 6.42 Å². The number of aryl methyl sites for hydroxylation is 1. The number of fused-ring (bicyclic) bond motifs is 3. The van der Waals surface area contributed by atoms with Crippen LogP contribution in [0.1, 0.15) is 55.4 Å². The van der Waals surface area contributed by atoms with Crippen LogP contribution in [0.15, 0.2) is 5.16 Å². The fourth-order valence-electron chi connectivity index (χ4n) is 4.19. The zero-order valence-corrected chi connectivity index (χ0v) is 16.2. The molecule has 2 aliphatic rings. The number of nitrogens with two attached hydrogens (primary N) is 1. The molecule has 2 atom stereocenters.